The summed E-state index contributed by atoms with van der Waals surface area (Å²) in [5.41, 5.74) is 1.53. The van der Waals surface area contributed by atoms with E-state index in [1.165, 1.54) is 11.8 Å². The molecule has 1 N–H and O–H groups in total. The summed E-state index contributed by atoms with van der Waals surface area (Å²) in [5.74, 6) is 1.40. The normalized spacial score (nSPS) is 11.9. The standard InChI is InChI=1S/C20H21ClN4O2S/c1-4-25-18(14-9-11-15(27-3)12-10-14)23-24-20(25)28-13(2)19(26)22-17-8-6-5-7-16(17)21/h5-13H,4H2,1-3H3,(H,22,26)/t13-/m1/s1. The molecule has 3 rings (SSSR count). The Bertz CT molecular complexity index is 959. The molecular formula is C20H21ClN4O2S. The number of thioether (sulfide) groups is 1. The highest BCUT2D eigenvalue weighted by molar-refractivity contribution is 8.00. The second-order valence-electron chi connectivity index (χ2n) is 6.01. The maximum Gasteiger partial charge on any atom is 0.237 e. The van der Waals surface area contributed by atoms with E-state index in [0.717, 1.165) is 17.1 Å². The van der Waals surface area contributed by atoms with Crippen molar-refractivity contribution < 1.29 is 9.53 Å². The fourth-order valence-corrected chi connectivity index (χ4v) is 3.72. The van der Waals surface area contributed by atoms with E-state index >= 15 is 0 Å². The molecule has 2 aromatic carbocycles. The number of ether oxygens (including phenoxy) is 1. The molecule has 1 amide bonds. The van der Waals surface area contributed by atoms with Crippen molar-refractivity contribution in [3.05, 3.63) is 53.6 Å². The predicted octanol–water partition coefficient (Wildman–Crippen LogP) is 4.75. The van der Waals surface area contributed by atoms with E-state index in [1.54, 1.807) is 19.2 Å². The largest absolute Gasteiger partial charge is 0.497 e. The third-order valence-electron chi connectivity index (χ3n) is 4.16. The molecule has 0 unspecified atom stereocenters. The van der Waals surface area contributed by atoms with Crippen LogP contribution >= 0.6 is 23.4 Å². The Kier molecular flexibility index (Phi) is 6.59. The smallest absolute Gasteiger partial charge is 0.237 e. The number of para-hydroxylation sites is 1. The maximum absolute atomic E-state index is 12.6. The van der Waals surface area contributed by atoms with Crippen molar-refractivity contribution in [2.45, 2.75) is 30.8 Å². The third kappa shape index (κ3) is 4.48. The fourth-order valence-electron chi connectivity index (χ4n) is 2.62. The molecule has 0 saturated carbocycles. The Labute approximate surface area is 173 Å². The Morgan fingerprint density at radius 1 is 1.21 bits per heavy atom. The number of aromatic nitrogens is 3. The van der Waals surface area contributed by atoms with Crippen LogP contribution in [0.3, 0.4) is 0 Å². The SMILES string of the molecule is CCn1c(S[C@H](C)C(=O)Nc2ccccc2Cl)nnc1-c1ccc(OC)cc1. The number of amides is 1. The molecule has 0 radical (unpaired) electrons. The molecule has 0 spiro atoms. The lowest BCUT2D eigenvalue weighted by atomic mass is 10.2. The summed E-state index contributed by atoms with van der Waals surface area (Å²) in [5, 5.41) is 12.3. The van der Waals surface area contributed by atoms with Crippen LogP contribution in [0.1, 0.15) is 13.8 Å². The molecule has 0 aliphatic rings. The molecule has 3 aromatic rings. The molecule has 0 aliphatic heterocycles. The summed E-state index contributed by atoms with van der Waals surface area (Å²) in [6.45, 7) is 4.54. The Morgan fingerprint density at radius 3 is 2.57 bits per heavy atom. The molecule has 1 heterocycles. The first-order chi connectivity index (χ1) is 13.5. The molecule has 146 valence electrons. The molecule has 0 saturated heterocycles. The van der Waals surface area contributed by atoms with E-state index in [1.807, 2.05) is 54.8 Å². The number of benzene rings is 2. The van der Waals surface area contributed by atoms with E-state index in [4.69, 9.17) is 16.3 Å². The van der Waals surface area contributed by atoms with Gasteiger partial charge in [0.25, 0.3) is 0 Å². The first kappa shape index (κ1) is 20.2. The highest BCUT2D eigenvalue weighted by Gasteiger charge is 2.21. The van der Waals surface area contributed by atoms with Gasteiger partial charge in [-0.2, -0.15) is 0 Å². The number of halogens is 1. The highest BCUT2D eigenvalue weighted by Crippen LogP contribution is 2.29. The van der Waals surface area contributed by atoms with Gasteiger partial charge in [0.1, 0.15) is 5.75 Å². The summed E-state index contributed by atoms with van der Waals surface area (Å²) in [6, 6.07) is 14.8. The van der Waals surface area contributed by atoms with Gasteiger partial charge in [0.2, 0.25) is 5.91 Å². The van der Waals surface area contributed by atoms with Gasteiger partial charge in [0, 0.05) is 12.1 Å². The minimum absolute atomic E-state index is 0.144. The predicted molar refractivity (Wildman–Crippen MR) is 113 cm³/mol. The Hall–Kier alpha value is -2.51. The first-order valence-electron chi connectivity index (χ1n) is 8.83. The summed E-state index contributed by atoms with van der Waals surface area (Å²) >= 11 is 7.48. The second-order valence-corrected chi connectivity index (χ2v) is 7.72. The fraction of sp³-hybridized carbons (Fsp3) is 0.250. The van der Waals surface area contributed by atoms with Crippen LogP contribution in [0, 0.1) is 0 Å². The van der Waals surface area contributed by atoms with Crippen molar-refractivity contribution in [1.82, 2.24) is 14.8 Å². The van der Waals surface area contributed by atoms with Crippen molar-refractivity contribution >= 4 is 35.0 Å². The molecule has 6 nitrogen and oxygen atoms in total. The van der Waals surface area contributed by atoms with Gasteiger partial charge >= 0.3 is 0 Å². The summed E-state index contributed by atoms with van der Waals surface area (Å²) in [4.78, 5) is 12.6. The summed E-state index contributed by atoms with van der Waals surface area (Å²) in [6.07, 6.45) is 0. The zero-order valence-corrected chi connectivity index (χ0v) is 17.4. The number of nitrogens with one attached hydrogen (secondary N) is 1. The van der Waals surface area contributed by atoms with E-state index in [-0.39, 0.29) is 11.2 Å². The van der Waals surface area contributed by atoms with Crippen LogP contribution in [0.2, 0.25) is 5.02 Å². The van der Waals surface area contributed by atoms with Gasteiger partial charge in [-0.25, -0.2) is 0 Å². The van der Waals surface area contributed by atoms with E-state index in [9.17, 15) is 4.79 Å². The number of carbonyl (C=O) groups excluding carboxylic acids is 1. The van der Waals surface area contributed by atoms with Crippen molar-refractivity contribution in [2.75, 3.05) is 12.4 Å². The number of anilines is 1. The van der Waals surface area contributed by atoms with Crippen LogP contribution in [0.15, 0.2) is 53.7 Å². The molecular weight excluding hydrogens is 396 g/mol. The molecule has 8 heteroatoms. The van der Waals surface area contributed by atoms with Gasteiger partial charge in [0.05, 0.1) is 23.1 Å². The average molecular weight is 417 g/mol. The van der Waals surface area contributed by atoms with E-state index < -0.39 is 0 Å². The van der Waals surface area contributed by atoms with Crippen LogP contribution in [-0.2, 0) is 11.3 Å². The number of hydrogen-bond donors (Lipinski definition) is 1. The minimum Gasteiger partial charge on any atom is -0.497 e. The van der Waals surface area contributed by atoms with Gasteiger partial charge in [0.15, 0.2) is 11.0 Å². The van der Waals surface area contributed by atoms with Gasteiger partial charge in [-0.1, -0.05) is 35.5 Å². The molecule has 1 aromatic heterocycles. The van der Waals surface area contributed by atoms with Crippen LogP contribution in [0.25, 0.3) is 11.4 Å². The number of hydrogen-bond acceptors (Lipinski definition) is 5. The molecule has 28 heavy (non-hydrogen) atoms. The second kappa shape index (κ2) is 9.12. The first-order valence-corrected chi connectivity index (χ1v) is 10.1. The van der Waals surface area contributed by atoms with Crippen LogP contribution in [-0.4, -0.2) is 33.0 Å². The van der Waals surface area contributed by atoms with Crippen molar-refractivity contribution in [3.63, 3.8) is 0 Å². The van der Waals surface area contributed by atoms with Gasteiger partial charge < -0.3 is 14.6 Å². The topological polar surface area (TPSA) is 69.0 Å². The Balaban J connectivity index is 1.75. The molecule has 1 atom stereocenters. The summed E-state index contributed by atoms with van der Waals surface area (Å²) < 4.78 is 7.19. The zero-order chi connectivity index (χ0) is 20.1. The van der Waals surface area contributed by atoms with Crippen LogP contribution in [0.4, 0.5) is 5.69 Å². The average Bonchev–Trinajstić information content (AvgIpc) is 3.12. The highest BCUT2D eigenvalue weighted by atomic mass is 35.5. The van der Waals surface area contributed by atoms with Crippen molar-refractivity contribution in [3.8, 4) is 17.1 Å². The van der Waals surface area contributed by atoms with Crippen molar-refractivity contribution in [1.29, 1.82) is 0 Å². The molecule has 0 fully saturated rings. The molecule has 0 aliphatic carbocycles. The lowest BCUT2D eigenvalue weighted by Crippen LogP contribution is -2.23. The minimum atomic E-state index is -0.366. The lowest BCUT2D eigenvalue weighted by molar-refractivity contribution is -0.115. The van der Waals surface area contributed by atoms with E-state index in [0.29, 0.717) is 22.4 Å². The maximum atomic E-state index is 12.6. The lowest BCUT2D eigenvalue weighted by Gasteiger charge is -2.13. The summed E-state index contributed by atoms with van der Waals surface area (Å²) in [7, 11) is 1.63. The number of rotatable bonds is 7. The number of carbonyl (C=O) groups is 1. The van der Waals surface area contributed by atoms with Gasteiger partial charge in [-0.15, -0.1) is 10.2 Å². The van der Waals surface area contributed by atoms with Crippen molar-refractivity contribution in [2.24, 2.45) is 0 Å². The monoisotopic (exact) mass is 416 g/mol. The van der Waals surface area contributed by atoms with Crippen LogP contribution in [0.5, 0.6) is 5.75 Å². The zero-order valence-electron chi connectivity index (χ0n) is 15.8. The quantitative estimate of drug-likeness (QED) is 0.563. The number of nitrogens with zero attached hydrogens (tertiary/aromatic N) is 3. The van der Waals surface area contributed by atoms with Gasteiger partial charge in [-0.05, 0) is 50.2 Å². The van der Waals surface area contributed by atoms with Gasteiger partial charge in [-0.3, -0.25) is 4.79 Å². The van der Waals surface area contributed by atoms with E-state index in [2.05, 4.69) is 15.5 Å². The Morgan fingerprint density at radius 2 is 1.93 bits per heavy atom. The third-order valence-corrected chi connectivity index (χ3v) is 5.57. The van der Waals surface area contributed by atoms with Crippen LogP contribution < -0.4 is 10.1 Å². The molecule has 0 bridgehead atoms. The number of methoxy groups -OCH3 is 1.